The maximum Gasteiger partial charge on any atom is 0.273 e. The molecule has 1 N–H and O–H groups in total. The van der Waals surface area contributed by atoms with E-state index in [-0.39, 0.29) is 5.91 Å². The highest BCUT2D eigenvalue weighted by Crippen LogP contribution is 2.25. The minimum atomic E-state index is 0.00696. The number of nitrogens with zero attached hydrogens (tertiary/aromatic N) is 4. The van der Waals surface area contributed by atoms with Crippen molar-refractivity contribution in [3.05, 3.63) is 53.3 Å². The third-order valence-electron chi connectivity index (χ3n) is 5.03. The first kappa shape index (κ1) is 18.8. The number of aromatic nitrogens is 3. The summed E-state index contributed by atoms with van der Waals surface area (Å²) in [7, 11) is 0. The zero-order chi connectivity index (χ0) is 19.7. The molecule has 6 nitrogen and oxygen atoms in total. The molecule has 0 spiro atoms. The second-order valence-corrected chi connectivity index (χ2v) is 8.42. The molecule has 1 atom stereocenters. The Morgan fingerprint density at radius 1 is 1.29 bits per heavy atom. The van der Waals surface area contributed by atoms with E-state index in [0.29, 0.717) is 17.7 Å². The van der Waals surface area contributed by atoms with Gasteiger partial charge in [0.2, 0.25) is 0 Å². The second-order valence-electron chi connectivity index (χ2n) is 7.56. The standard InChI is InChI=1S/C21H25N5OS/c1-14(2)16-4-6-18(7-5-16)26-12-17(10-23-26)20-24-19(13-28-20)21(27)25-9-8-22-15(3)11-25/h4-7,10,12-15,22H,8-9,11H2,1-3H3/t15-/m0/s1. The van der Waals surface area contributed by atoms with Crippen molar-refractivity contribution in [2.75, 3.05) is 19.6 Å². The molecule has 0 aliphatic carbocycles. The minimum Gasteiger partial charge on any atom is -0.334 e. The molecule has 3 aromatic rings. The molecule has 7 heteroatoms. The van der Waals surface area contributed by atoms with Gasteiger partial charge in [0.25, 0.3) is 5.91 Å². The quantitative estimate of drug-likeness (QED) is 0.734. The van der Waals surface area contributed by atoms with Gasteiger partial charge in [-0.1, -0.05) is 26.0 Å². The van der Waals surface area contributed by atoms with Gasteiger partial charge in [-0.2, -0.15) is 5.10 Å². The number of amides is 1. The maximum absolute atomic E-state index is 12.7. The SMILES string of the molecule is CC(C)c1ccc(-n2cc(-c3nc(C(=O)N4CCN[C@@H](C)C4)cs3)cn2)cc1. The van der Waals surface area contributed by atoms with Gasteiger partial charge in [-0.15, -0.1) is 11.3 Å². The van der Waals surface area contributed by atoms with Gasteiger partial charge in [-0.3, -0.25) is 4.79 Å². The first-order chi connectivity index (χ1) is 13.5. The summed E-state index contributed by atoms with van der Waals surface area (Å²) in [5.74, 6) is 0.514. The smallest absolute Gasteiger partial charge is 0.273 e. The van der Waals surface area contributed by atoms with Gasteiger partial charge >= 0.3 is 0 Å². The van der Waals surface area contributed by atoms with Crippen molar-refractivity contribution in [3.63, 3.8) is 0 Å². The van der Waals surface area contributed by atoms with Crippen LogP contribution in [0.2, 0.25) is 0 Å². The van der Waals surface area contributed by atoms with Gasteiger partial charge in [0, 0.05) is 42.8 Å². The number of nitrogens with one attached hydrogen (secondary N) is 1. The predicted octanol–water partition coefficient (Wildman–Crippen LogP) is 3.55. The molecule has 146 valence electrons. The molecule has 2 aromatic heterocycles. The normalized spacial score (nSPS) is 17.3. The summed E-state index contributed by atoms with van der Waals surface area (Å²) in [6.07, 6.45) is 3.76. The third-order valence-corrected chi connectivity index (χ3v) is 5.92. The summed E-state index contributed by atoms with van der Waals surface area (Å²) >= 11 is 1.48. The van der Waals surface area contributed by atoms with E-state index in [0.717, 1.165) is 35.9 Å². The number of carbonyl (C=O) groups is 1. The number of carbonyl (C=O) groups excluding carboxylic acids is 1. The lowest BCUT2D eigenvalue weighted by atomic mass is 10.0. The van der Waals surface area contributed by atoms with E-state index in [1.165, 1.54) is 16.9 Å². The summed E-state index contributed by atoms with van der Waals surface area (Å²) in [5.41, 5.74) is 3.76. The molecule has 1 aliphatic heterocycles. The van der Waals surface area contributed by atoms with E-state index in [2.05, 4.69) is 60.4 Å². The lowest BCUT2D eigenvalue weighted by Crippen LogP contribution is -2.51. The lowest BCUT2D eigenvalue weighted by molar-refractivity contribution is 0.0704. The molecule has 1 saturated heterocycles. The van der Waals surface area contributed by atoms with E-state index in [1.807, 2.05) is 21.2 Å². The van der Waals surface area contributed by atoms with Crippen LogP contribution in [0.5, 0.6) is 0 Å². The van der Waals surface area contributed by atoms with Crippen LogP contribution in [0.1, 0.15) is 42.7 Å². The molecular weight excluding hydrogens is 370 g/mol. The molecule has 1 fully saturated rings. The van der Waals surface area contributed by atoms with E-state index in [4.69, 9.17) is 0 Å². The number of benzene rings is 1. The van der Waals surface area contributed by atoms with Crippen molar-refractivity contribution in [1.29, 1.82) is 0 Å². The van der Waals surface area contributed by atoms with Crippen molar-refractivity contribution < 1.29 is 4.79 Å². The first-order valence-electron chi connectivity index (χ1n) is 9.65. The number of hydrogen-bond donors (Lipinski definition) is 1. The van der Waals surface area contributed by atoms with Gasteiger partial charge in [-0.25, -0.2) is 9.67 Å². The zero-order valence-corrected chi connectivity index (χ0v) is 17.2. The fourth-order valence-corrected chi connectivity index (χ4v) is 4.14. The van der Waals surface area contributed by atoms with Crippen molar-refractivity contribution in [2.45, 2.75) is 32.7 Å². The van der Waals surface area contributed by atoms with Gasteiger partial charge in [-0.05, 0) is 30.5 Å². The van der Waals surface area contributed by atoms with Gasteiger partial charge in [0.15, 0.2) is 0 Å². The van der Waals surface area contributed by atoms with Crippen LogP contribution in [0.25, 0.3) is 16.3 Å². The number of piperazine rings is 1. The van der Waals surface area contributed by atoms with Crippen molar-refractivity contribution in [1.82, 2.24) is 25.0 Å². The molecule has 28 heavy (non-hydrogen) atoms. The largest absolute Gasteiger partial charge is 0.334 e. The average molecular weight is 396 g/mol. The summed E-state index contributed by atoms with van der Waals surface area (Å²) in [4.78, 5) is 19.2. The highest BCUT2D eigenvalue weighted by molar-refractivity contribution is 7.13. The molecule has 0 radical (unpaired) electrons. The summed E-state index contributed by atoms with van der Waals surface area (Å²) in [5, 5.41) is 10.5. The number of thiazole rings is 1. The fraction of sp³-hybridized carbons (Fsp3) is 0.381. The molecule has 1 aliphatic rings. The molecule has 0 unspecified atom stereocenters. The van der Waals surface area contributed by atoms with Crippen LogP contribution in [-0.4, -0.2) is 51.2 Å². The highest BCUT2D eigenvalue weighted by atomic mass is 32.1. The lowest BCUT2D eigenvalue weighted by Gasteiger charge is -2.31. The topological polar surface area (TPSA) is 63.1 Å². The summed E-state index contributed by atoms with van der Waals surface area (Å²) < 4.78 is 1.85. The van der Waals surface area contributed by atoms with Crippen LogP contribution >= 0.6 is 11.3 Å². The molecule has 1 aromatic carbocycles. The van der Waals surface area contributed by atoms with Crippen LogP contribution in [0.3, 0.4) is 0 Å². The monoisotopic (exact) mass is 395 g/mol. The average Bonchev–Trinajstić information content (AvgIpc) is 3.37. The van der Waals surface area contributed by atoms with Crippen LogP contribution in [-0.2, 0) is 0 Å². The Morgan fingerprint density at radius 2 is 2.07 bits per heavy atom. The summed E-state index contributed by atoms with van der Waals surface area (Å²) in [6, 6.07) is 8.74. The van der Waals surface area contributed by atoms with Gasteiger partial charge in [0.05, 0.1) is 11.9 Å². The summed E-state index contributed by atoms with van der Waals surface area (Å²) in [6.45, 7) is 8.73. The molecule has 4 rings (SSSR count). The van der Waals surface area contributed by atoms with Crippen LogP contribution in [0.15, 0.2) is 42.0 Å². The maximum atomic E-state index is 12.7. The fourth-order valence-electron chi connectivity index (χ4n) is 3.37. The first-order valence-corrected chi connectivity index (χ1v) is 10.5. The van der Waals surface area contributed by atoms with Crippen molar-refractivity contribution in [3.8, 4) is 16.3 Å². The van der Waals surface area contributed by atoms with Crippen LogP contribution < -0.4 is 5.32 Å². The minimum absolute atomic E-state index is 0.00696. The van der Waals surface area contributed by atoms with E-state index in [9.17, 15) is 4.79 Å². The molecule has 3 heterocycles. The predicted molar refractivity (Wildman–Crippen MR) is 112 cm³/mol. The Bertz CT molecular complexity index is 959. The number of rotatable bonds is 4. The number of hydrogen-bond acceptors (Lipinski definition) is 5. The molecule has 0 bridgehead atoms. The Balaban J connectivity index is 1.51. The van der Waals surface area contributed by atoms with Crippen LogP contribution in [0.4, 0.5) is 0 Å². The van der Waals surface area contributed by atoms with E-state index in [1.54, 1.807) is 6.20 Å². The Kier molecular flexibility index (Phi) is 5.28. The Labute approximate surface area is 169 Å². The van der Waals surface area contributed by atoms with E-state index < -0.39 is 0 Å². The molecular formula is C21H25N5OS. The Hall–Kier alpha value is -2.51. The van der Waals surface area contributed by atoms with Gasteiger partial charge < -0.3 is 10.2 Å². The molecule has 0 saturated carbocycles. The molecule has 1 amide bonds. The Morgan fingerprint density at radius 3 is 2.79 bits per heavy atom. The van der Waals surface area contributed by atoms with Crippen LogP contribution in [0, 0.1) is 0 Å². The van der Waals surface area contributed by atoms with Crippen molar-refractivity contribution in [2.24, 2.45) is 0 Å². The van der Waals surface area contributed by atoms with Gasteiger partial charge in [0.1, 0.15) is 10.7 Å². The zero-order valence-electron chi connectivity index (χ0n) is 16.4. The highest BCUT2D eigenvalue weighted by Gasteiger charge is 2.23. The second kappa shape index (κ2) is 7.85. The van der Waals surface area contributed by atoms with E-state index >= 15 is 0 Å². The van der Waals surface area contributed by atoms with Crippen molar-refractivity contribution >= 4 is 17.2 Å². The third kappa shape index (κ3) is 3.86.